The highest BCUT2D eigenvalue weighted by atomic mass is 16.5. The van der Waals surface area contributed by atoms with Crippen molar-refractivity contribution in [3.63, 3.8) is 0 Å². The Kier molecular flexibility index (Phi) is 5.88. The highest BCUT2D eigenvalue weighted by Crippen LogP contribution is 2.29. The maximum Gasteiger partial charge on any atom is 0.119 e. The molecule has 0 aliphatic heterocycles. The van der Waals surface area contributed by atoms with Crippen LogP contribution >= 0.6 is 0 Å². The molecule has 1 aromatic carbocycles. The summed E-state index contributed by atoms with van der Waals surface area (Å²) in [6, 6.07) is 9.44. The molecule has 0 saturated heterocycles. The van der Waals surface area contributed by atoms with Gasteiger partial charge in [-0.2, -0.15) is 5.26 Å². The summed E-state index contributed by atoms with van der Waals surface area (Å²) in [4.78, 5) is 2.57. The fourth-order valence-corrected chi connectivity index (χ4v) is 2.38. The fraction of sp³-hybridized carbons (Fsp3) is 0.588. The first-order valence-corrected chi connectivity index (χ1v) is 7.67. The van der Waals surface area contributed by atoms with E-state index in [-0.39, 0.29) is 0 Å². The molecule has 0 aromatic heterocycles. The first-order valence-electron chi connectivity index (χ1n) is 7.67. The quantitative estimate of drug-likeness (QED) is 0.646. The topological polar surface area (TPSA) is 36.3 Å². The van der Waals surface area contributed by atoms with E-state index >= 15 is 0 Å². The standard InChI is InChI=1S/C17H24N2O/c1-2-10-19(14-16-4-5-16)11-3-12-20-17-8-6-15(13-18)7-9-17/h6-9,16H,2-5,10-12,14H2,1H3. The molecule has 0 N–H and O–H groups in total. The van der Waals surface area contributed by atoms with E-state index < -0.39 is 0 Å². The molecule has 20 heavy (non-hydrogen) atoms. The van der Waals surface area contributed by atoms with Gasteiger partial charge in [0.15, 0.2) is 0 Å². The lowest BCUT2D eigenvalue weighted by Gasteiger charge is -2.21. The molecule has 108 valence electrons. The van der Waals surface area contributed by atoms with Crippen LogP contribution in [0.5, 0.6) is 5.75 Å². The number of rotatable bonds is 9. The van der Waals surface area contributed by atoms with E-state index in [0.29, 0.717) is 5.56 Å². The van der Waals surface area contributed by atoms with Gasteiger partial charge in [-0.05, 0) is 62.4 Å². The summed E-state index contributed by atoms with van der Waals surface area (Å²) in [7, 11) is 0. The molecule has 2 rings (SSSR count). The number of nitrogens with zero attached hydrogens (tertiary/aromatic N) is 2. The molecule has 0 amide bonds. The van der Waals surface area contributed by atoms with Gasteiger partial charge in [0.05, 0.1) is 18.2 Å². The van der Waals surface area contributed by atoms with Gasteiger partial charge in [0.25, 0.3) is 0 Å². The first-order chi connectivity index (χ1) is 9.81. The summed E-state index contributed by atoms with van der Waals surface area (Å²) in [5, 5.41) is 8.73. The fourth-order valence-electron chi connectivity index (χ4n) is 2.38. The normalized spacial score (nSPS) is 14.2. The molecule has 0 bridgehead atoms. The second kappa shape index (κ2) is 7.91. The molecule has 1 aliphatic rings. The Hall–Kier alpha value is -1.53. The van der Waals surface area contributed by atoms with Gasteiger partial charge in [-0.25, -0.2) is 0 Å². The largest absolute Gasteiger partial charge is 0.494 e. The summed E-state index contributed by atoms with van der Waals surface area (Å²) in [5.41, 5.74) is 0.677. The third-order valence-corrected chi connectivity index (χ3v) is 3.62. The molecule has 1 fully saturated rings. The molecule has 0 spiro atoms. The van der Waals surface area contributed by atoms with Crippen molar-refractivity contribution in [1.29, 1.82) is 5.26 Å². The van der Waals surface area contributed by atoms with Gasteiger partial charge < -0.3 is 9.64 Å². The zero-order chi connectivity index (χ0) is 14.2. The third-order valence-electron chi connectivity index (χ3n) is 3.62. The van der Waals surface area contributed by atoms with E-state index in [4.69, 9.17) is 10.00 Å². The van der Waals surface area contributed by atoms with E-state index in [1.54, 1.807) is 12.1 Å². The minimum Gasteiger partial charge on any atom is -0.494 e. The Morgan fingerprint density at radius 2 is 2.00 bits per heavy atom. The van der Waals surface area contributed by atoms with Crippen LogP contribution in [0.3, 0.4) is 0 Å². The monoisotopic (exact) mass is 272 g/mol. The molecular formula is C17H24N2O. The summed E-state index contributed by atoms with van der Waals surface area (Å²) in [5.74, 6) is 1.81. The smallest absolute Gasteiger partial charge is 0.119 e. The minimum atomic E-state index is 0.677. The first kappa shape index (κ1) is 14.9. The van der Waals surface area contributed by atoms with Crippen molar-refractivity contribution in [3.8, 4) is 11.8 Å². The number of benzene rings is 1. The van der Waals surface area contributed by atoms with E-state index in [0.717, 1.165) is 31.2 Å². The van der Waals surface area contributed by atoms with Crippen molar-refractivity contribution in [2.75, 3.05) is 26.2 Å². The van der Waals surface area contributed by atoms with Crippen LogP contribution in [0.25, 0.3) is 0 Å². The van der Waals surface area contributed by atoms with Crippen LogP contribution < -0.4 is 4.74 Å². The van der Waals surface area contributed by atoms with Crippen LogP contribution in [0.2, 0.25) is 0 Å². The van der Waals surface area contributed by atoms with E-state index in [1.807, 2.05) is 12.1 Å². The zero-order valence-electron chi connectivity index (χ0n) is 12.3. The van der Waals surface area contributed by atoms with Crippen molar-refractivity contribution in [3.05, 3.63) is 29.8 Å². The molecule has 1 aliphatic carbocycles. The summed E-state index contributed by atoms with van der Waals surface area (Å²) in [6.45, 7) is 6.59. The predicted octanol–water partition coefficient (Wildman–Crippen LogP) is 3.45. The number of hydrogen-bond acceptors (Lipinski definition) is 3. The van der Waals surface area contributed by atoms with Crippen LogP contribution in [0.4, 0.5) is 0 Å². The maximum atomic E-state index is 8.73. The van der Waals surface area contributed by atoms with Crippen LogP contribution in [-0.2, 0) is 0 Å². The molecule has 3 nitrogen and oxygen atoms in total. The maximum absolute atomic E-state index is 8.73. The Balaban J connectivity index is 1.64. The third kappa shape index (κ3) is 5.22. The second-order valence-electron chi connectivity index (χ2n) is 5.58. The Morgan fingerprint density at radius 3 is 2.60 bits per heavy atom. The summed E-state index contributed by atoms with van der Waals surface area (Å²) < 4.78 is 5.72. The highest BCUT2D eigenvalue weighted by molar-refractivity contribution is 5.34. The molecule has 1 saturated carbocycles. The van der Waals surface area contributed by atoms with Crippen molar-refractivity contribution in [2.45, 2.75) is 32.6 Å². The Bertz CT molecular complexity index is 431. The average molecular weight is 272 g/mol. The van der Waals surface area contributed by atoms with Gasteiger partial charge in [-0.3, -0.25) is 0 Å². The molecular weight excluding hydrogens is 248 g/mol. The van der Waals surface area contributed by atoms with Crippen molar-refractivity contribution >= 4 is 0 Å². The summed E-state index contributed by atoms with van der Waals surface area (Å²) in [6.07, 6.45) is 5.12. The van der Waals surface area contributed by atoms with Gasteiger partial charge >= 0.3 is 0 Å². The average Bonchev–Trinajstić information content (AvgIpc) is 3.28. The van der Waals surface area contributed by atoms with Crippen molar-refractivity contribution in [1.82, 2.24) is 4.90 Å². The number of hydrogen-bond donors (Lipinski definition) is 0. The van der Waals surface area contributed by atoms with Gasteiger partial charge in [-0.1, -0.05) is 6.92 Å². The number of nitriles is 1. The zero-order valence-corrected chi connectivity index (χ0v) is 12.3. The van der Waals surface area contributed by atoms with Crippen LogP contribution in [0.15, 0.2) is 24.3 Å². The Morgan fingerprint density at radius 1 is 1.25 bits per heavy atom. The SMILES string of the molecule is CCCN(CCCOc1ccc(C#N)cc1)CC1CC1. The summed E-state index contributed by atoms with van der Waals surface area (Å²) >= 11 is 0. The van der Waals surface area contributed by atoms with E-state index in [2.05, 4.69) is 17.9 Å². The van der Waals surface area contributed by atoms with Gasteiger partial charge in [0, 0.05) is 13.1 Å². The van der Waals surface area contributed by atoms with E-state index in [1.165, 1.54) is 32.4 Å². The number of ether oxygens (including phenoxy) is 1. The lowest BCUT2D eigenvalue weighted by Crippen LogP contribution is -2.29. The van der Waals surface area contributed by atoms with Crippen molar-refractivity contribution < 1.29 is 4.74 Å². The molecule has 0 radical (unpaired) electrons. The van der Waals surface area contributed by atoms with E-state index in [9.17, 15) is 0 Å². The molecule has 1 aromatic rings. The highest BCUT2D eigenvalue weighted by Gasteiger charge is 2.23. The lowest BCUT2D eigenvalue weighted by atomic mass is 10.2. The molecule has 3 heteroatoms. The van der Waals surface area contributed by atoms with Gasteiger partial charge in [0.1, 0.15) is 5.75 Å². The molecule has 0 atom stereocenters. The minimum absolute atomic E-state index is 0.677. The van der Waals surface area contributed by atoms with Gasteiger partial charge in [-0.15, -0.1) is 0 Å². The Labute approximate surface area is 122 Å². The van der Waals surface area contributed by atoms with Crippen molar-refractivity contribution in [2.24, 2.45) is 5.92 Å². The molecule has 0 unspecified atom stereocenters. The second-order valence-corrected chi connectivity index (χ2v) is 5.58. The predicted molar refractivity (Wildman–Crippen MR) is 80.7 cm³/mol. The van der Waals surface area contributed by atoms with Crippen LogP contribution in [0.1, 0.15) is 38.2 Å². The lowest BCUT2D eigenvalue weighted by molar-refractivity contribution is 0.227. The van der Waals surface area contributed by atoms with Crippen LogP contribution in [0, 0.1) is 17.2 Å². The van der Waals surface area contributed by atoms with Gasteiger partial charge in [0.2, 0.25) is 0 Å². The van der Waals surface area contributed by atoms with Crippen LogP contribution in [-0.4, -0.2) is 31.1 Å². The molecule has 0 heterocycles.